The molecule has 0 aliphatic carbocycles. The highest BCUT2D eigenvalue weighted by Crippen LogP contribution is 2.30. The lowest BCUT2D eigenvalue weighted by Gasteiger charge is -2.07. The van der Waals surface area contributed by atoms with Crippen LogP contribution in [0.4, 0.5) is 4.39 Å². The van der Waals surface area contributed by atoms with Crippen LogP contribution < -0.4 is 4.74 Å². The summed E-state index contributed by atoms with van der Waals surface area (Å²) in [4.78, 5) is 24.3. The number of hydrogen-bond donors (Lipinski definition) is 1. The van der Waals surface area contributed by atoms with Gasteiger partial charge in [-0.15, -0.1) is 0 Å². The van der Waals surface area contributed by atoms with Gasteiger partial charge < -0.3 is 9.72 Å². The lowest BCUT2D eigenvalue weighted by atomic mass is 10.0. The molecule has 0 spiro atoms. The number of halogens is 1. The van der Waals surface area contributed by atoms with E-state index in [2.05, 4.69) is 15.0 Å². The molecule has 0 bridgehead atoms. The molecule has 3 aromatic carbocycles. The second-order valence-corrected chi connectivity index (χ2v) is 7.75. The number of nitrogens with one attached hydrogen (secondary N) is 1. The van der Waals surface area contributed by atoms with E-state index in [1.165, 1.54) is 18.5 Å². The second-order valence-electron chi connectivity index (χ2n) is 7.75. The Morgan fingerprint density at radius 3 is 2.21 bits per heavy atom. The second kappa shape index (κ2) is 9.04. The zero-order valence-corrected chi connectivity index (χ0v) is 17.7. The number of aromatic nitrogens is 3. The van der Waals surface area contributed by atoms with E-state index in [9.17, 15) is 9.18 Å². The first kappa shape index (κ1) is 20.6. The highest BCUT2D eigenvalue weighted by Gasteiger charge is 2.12. The fourth-order valence-electron chi connectivity index (χ4n) is 3.68. The summed E-state index contributed by atoms with van der Waals surface area (Å²) in [7, 11) is 0. The molecule has 0 amide bonds. The quantitative estimate of drug-likeness (QED) is 0.344. The summed E-state index contributed by atoms with van der Waals surface area (Å²) in [5, 5.41) is 0.787. The monoisotopic (exact) mass is 437 g/mol. The summed E-state index contributed by atoms with van der Waals surface area (Å²) in [6.07, 6.45) is 2.04. The minimum absolute atomic E-state index is 0.0635. The van der Waals surface area contributed by atoms with Crippen molar-refractivity contribution in [2.45, 2.75) is 12.8 Å². The Balaban J connectivity index is 1.28. The Bertz CT molecular complexity index is 1400. The van der Waals surface area contributed by atoms with Crippen molar-refractivity contribution in [1.29, 1.82) is 0 Å². The van der Waals surface area contributed by atoms with E-state index in [0.717, 1.165) is 27.8 Å². The molecule has 0 fully saturated rings. The number of ketones is 1. The number of nitrogens with zero attached hydrogens (tertiary/aromatic N) is 2. The number of benzene rings is 3. The third kappa shape index (κ3) is 4.80. The largest absolute Gasteiger partial charge is 0.438 e. The summed E-state index contributed by atoms with van der Waals surface area (Å²) in [6, 6.07) is 25.3. The molecule has 1 N–H and O–H groups in total. The summed E-state index contributed by atoms with van der Waals surface area (Å²) in [5.74, 6) is 0.831. The van der Waals surface area contributed by atoms with E-state index in [4.69, 9.17) is 4.74 Å². The van der Waals surface area contributed by atoms with Gasteiger partial charge in [0.15, 0.2) is 0 Å². The molecule has 0 saturated heterocycles. The Labute approximate surface area is 189 Å². The smallest absolute Gasteiger partial charge is 0.231 e. The minimum Gasteiger partial charge on any atom is -0.438 e. The molecule has 0 radical (unpaired) electrons. The molecule has 162 valence electrons. The molecule has 0 aliphatic rings. The molecule has 0 atom stereocenters. The predicted molar refractivity (Wildman–Crippen MR) is 125 cm³/mol. The Morgan fingerprint density at radius 2 is 1.52 bits per heavy atom. The average molecular weight is 437 g/mol. The maximum atomic E-state index is 13.0. The van der Waals surface area contributed by atoms with E-state index in [0.29, 0.717) is 23.7 Å². The predicted octanol–water partition coefficient (Wildman–Crippen LogP) is 5.91. The maximum Gasteiger partial charge on any atom is 0.231 e. The zero-order valence-electron chi connectivity index (χ0n) is 17.7. The highest BCUT2D eigenvalue weighted by molar-refractivity contribution is 5.87. The summed E-state index contributed by atoms with van der Waals surface area (Å²) >= 11 is 0. The number of rotatable bonds is 7. The van der Waals surface area contributed by atoms with Gasteiger partial charge in [0, 0.05) is 18.5 Å². The van der Waals surface area contributed by atoms with Gasteiger partial charge >= 0.3 is 0 Å². The van der Waals surface area contributed by atoms with Crippen LogP contribution >= 0.6 is 0 Å². The first-order chi connectivity index (χ1) is 16.1. The van der Waals surface area contributed by atoms with Gasteiger partial charge in [0.25, 0.3) is 0 Å². The van der Waals surface area contributed by atoms with Crippen LogP contribution in [0.5, 0.6) is 11.6 Å². The zero-order chi connectivity index (χ0) is 22.6. The number of aromatic amines is 1. The standard InChI is InChI=1S/C27H20FN3O2/c28-21-10-6-18(7-11-21)14-22(32)15-19-8-12-23(13-9-19)33-27-24-16-25(20-4-2-1-3-5-20)31-26(24)29-17-30-27/h1-13,16-17H,14-15H2,(H,29,30,31). The van der Waals surface area contributed by atoms with Gasteiger partial charge in [-0.25, -0.2) is 14.4 Å². The third-order valence-corrected chi connectivity index (χ3v) is 5.33. The number of ether oxygens (including phenoxy) is 1. The van der Waals surface area contributed by atoms with Crippen molar-refractivity contribution >= 4 is 16.8 Å². The molecule has 0 aliphatic heterocycles. The average Bonchev–Trinajstić information content (AvgIpc) is 3.28. The van der Waals surface area contributed by atoms with Crippen LogP contribution in [0.25, 0.3) is 22.3 Å². The number of H-pyrrole nitrogens is 1. The van der Waals surface area contributed by atoms with Gasteiger partial charge in [-0.2, -0.15) is 0 Å². The van der Waals surface area contributed by atoms with Crippen molar-refractivity contribution in [3.8, 4) is 22.9 Å². The lowest BCUT2D eigenvalue weighted by Crippen LogP contribution is -2.06. The Hall–Kier alpha value is -4.32. The number of carbonyl (C=O) groups excluding carboxylic acids is 1. The molecule has 5 nitrogen and oxygen atoms in total. The van der Waals surface area contributed by atoms with Crippen LogP contribution in [0.3, 0.4) is 0 Å². The van der Waals surface area contributed by atoms with Crippen LogP contribution in [-0.4, -0.2) is 20.7 Å². The highest BCUT2D eigenvalue weighted by atomic mass is 19.1. The minimum atomic E-state index is -0.307. The molecule has 0 saturated carbocycles. The first-order valence-corrected chi connectivity index (χ1v) is 10.6. The molecule has 0 unspecified atom stereocenters. The molecule has 5 rings (SSSR count). The SMILES string of the molecule is O=C(Cc1ccc(F)cc1)Cc1ccc(Oc2ncnc3[nH]c(-c4ccccc4)cc23)cc1. The van der Waals surface area contributed by atoms with Gasteiger partial charge in [0.05, 0.1) is 5.39 Å². The molecule has 6 heteroatoms. The van der Waals surface area contributed by atoms with E-state index < -0.39 is 0 Å². The summed E-state index contributed by atoms with van der Waals surface area (Å²) < 4.78 is 19.0. The Morgan fingerprint density at radius 1 is 0.848 bits per heavy atom. The number of Topliss-reactive ketones (excluding diaryl/α,β-unsaturated/α-hetero) is 1. The van der Waals surface area contributed by atoms with Crippen molar-refractivity contribution in [2.75, 3.05) is 0 Å². The van der Waals surface area contributed by atoms with E-state index in [1.807, 2.05) is 60.7 Å². The molecule has 33 heavy (non-hydrogen) atoms. The van der Waals surface area contributed by atoms with Crippen molar-refractivity contribution in [1.82, 2.24) is 15.0 Å². The van der Waals surface area contributed by atoms with Crippen LogP contribution in [0.15, 0.2) is 91.3 Å². The Kier molecular flexibility index (Phi) is 5.64. The summed E-state index contributed by atoms with van der Waals surface area (Å²) in [6.45, 7) is 0. The van der Waals surface area contributed by atoms with Gasteiger partial charge in [0.2, 0.25) is 5.88 Å². The number of hydrogen-bond acceptors (Lipinski definition) is 4. The third-order valence-electron chi connectivity index (χ3n) is 5.33. The van der Waals surface area contributed by atoms with Crippen molar-refractivity contribution in [3.63, 3.8) is 0 Å². The maximum absolute atomic E-state index is 13.0. The van der Waals surface area contributed by atoms with Crippen LogP contribution in [0.1, 0.15) is 11.1 Å². The summed E-state index contributed by atoms with van der Waals surface area (Å²) in [5.41, 5.74) is 4.37. The number of carbonyl (C=O) groups is 1. The first-order valence-electron chi connectivity index (χ1n) is 10.6. The van der Waals surface area contributed by atoms with Gasteiger partial charge in [-0.3, -0.25) is 4.79 Å². The van der Waals surface area contributed by atoms with Gasteiger partial charge in [-0.1, -0.05) is 54.6 Å². The topological polar surface area (TPSA) is 67.9 Å². The van der Waals surface area contributed by atoms with Crippen molar-refractivity contribution < 1.29 is 13.9 Å². The molecule has 5 aromatic rings. The molecule has 2 heterocycles. The molecular weight excluding hydrogens is 417 g/mol. The van der Waals surface area contributed by atoms with Crippen LogP contribution in [0, 0.1) is 5.82 Å². The molecule has 2 aromatic heterocycles. The van der Waals surface area contributed by atoms with Crippen molar-refractivity contribution in [2.24, 2.45) is 0 Å². The lowest BCUT2D eigenvalue weighted by molar-refractivity contribution is -0.117. The fourth-order valence-corrected chi connectivity index (χ4v) is 3.68. The van der Waals surface area contributed by atoms with Crippen LogP contribution in [-0.2, 0) is 17.6 Å². The fraction of sp³-hybridized carbons (Fsp3) is 0.0741. The number of fused-ring (bicyclic) bond motifs is 1. The van der Waals surface area contributed by atoms with Crippen molar-refractivity contribution in [3.05, 3.63) is 108 Å². The van der Waals surface area contributed by atoms with E-state index in [-0.39, 0.29) is 18.0 Å². The van der Waals surface area contributed by atoms with E-state index in [1.54, 1.807) is 12.1 Å². The van der Waals surface area contributed by atoms with Crippen LogP contribution in [0.2, 0.25) is 0 Å². The van der Waals surface area contributed by atoms with Gasteiger partial charge in [-0.05, 0) is 47.0 Å². The molecular formula is C27H20FN3O2. The van der Waals surface area contributed by atoms with Gasteiger partial charge in [0.1, 0.15) is 29.3 Å². The normalized spacial score (nSPS) is 10.9. The van der Waals surface area contributed by atoms with E-state index >= 15 is 0 Å².